The van der Waals surface area contributed by atoms with Gasteiger partial charge in [0.25, 0.3) is 0 Å². The van der Waals surface area contributed by atoms with Gasteiger partial charge in [-0.3, -0.25) is 0 Å². The van der Waals surface area contributed by atoms with E-state index >= 15 is 0 Å². The third kappa shape index (κ3) is 4.61. The Morgan fingerprint density at radius 3 is 0.850 bits per heavy atom. The van der Waals surface area contributed by atoms with Crippen LogP contribution in [0.25, 0.3) is 0 Å². The molecule has 0 unspecified atom stereocenters. The van der Waals surface area contributed by atoms with Gasteiger partial charge >= 0.3 is 0 Å². The molecule has 0 saturated carbocycles. The summed E-state index contributed by atoms with van der Waals surface area (Å²) in [5.41, 5.74) is 0. The van der Waals surface area contributed by atoms with E-state index in [9.17, 15) is 0 Å². The number of para-hydroxylation sites is 4. The van der Waals surface area contributed by atoms with Crippen LogP contribution in [0.3, 0.4) is 0 Å². The summed E-state index contributed by atoms with van der Waals surface area (Å²) >= 11 is 0. The van der Waals surface area contributed by atoms with Crippen molar-refractivity contribution < 1.29 is 9.47 Å². The van der Waals surface area contributed by atoms with Gasteiger partial charge in [-0.2, -0.15) is 0 Å². The fraction of sp³-hybridized carbons (Fsp3) is 0.333. The first-order valence-corrected chi connectivity index (χ1v) is 7.47. The van der Waals surface area contributed by atoms with Crippen LogP contribution in [0.2, 0.25) is 0 Å². The first-order chi connectivity index (χ1) is 9.93. The van der Waals surface area contributed by atoms with Crippen LogP contribution in [-0.2, 0) is 0 Å². The largest absolute Gasteiger partial charge is 0.450 e. The highest BCUT2D eigenvalue weighted by Gasteiger charge is 2.16. The minimum absolute atomic E-state index is 0.770. The van der Waals surface area contributed by atoms with E-state index in [2.05, 4.69) is 0 Å². The Hall–Kier alpha value is -1.96. The van der Waals surface area contributed by atoms with Crippen LogP contribution in [0.1, 0.15) is 41.5 Å². The van der Waals surface area contributed by atoms with Gasteiger partial charge in [0, 0.05) is 0 Å². The summed E-state index contributed by atoms with van der Waals surface area (Å²) in [5, 5.41) is 0. The van der Waals surface area contributed by atoms with E-state index in [1.165, 1.54) is 0 Å². The molecule has 0 aliphatic carbocycles. The van der Waals surface area contributed by atoms with Gasteiger partial charge in [-0.05, 0) is 24.3 Å². The van der Waals surface area contributed by atoms with Crippen molar-refractivity contribution in [3.63, 3.8) is 0 Å². The number of rotatable bonds is 0. The zero-order chi connectivity index (χ0) is 15.4. The van der Waals surface area contributed by atoms with E-state index in [0.717, 1.165) is 23.0 Å². The molecule has 20 heavy (non-hydrogen) atoms. The lowest BCUT2D eigenvalue weighted by Gasteiger charge is -2.19. The van der Waals surface area contributed by atoms with E-state index < -0.39 is 0 Å². The minimum atomic E-state index is 0.770. The van der Waals surface area contributed by atoms with Crippen LogP contribution < -0.4 is 9.47 Å². The molecule has 0 atom stereocenters. The Labute approximate surface area is 123 Å². The zero-order valence-corrected chi connectivity index (χ0v) is 13.4. The number of ether oxygens (including phenoxy) is 2. The minimum Gasteiger partial charge on any atom is -0.450 e. The van der Waals surface area contributed by atoms with E-state index in [1.807, 2.05) is 90.1 Å². The quantitative estimate of drug-likeness (QED) is 0.456. The SMILES string of the molecule is CC.CC.CC.c1ccc2c(c1)Oc1ccccc1O2. The average Bonchev–Trinajstić information content (AvgIpc) is 2.58. The van der Waals surface area contributed by atoms with Gasteiger partial charge in [0.1, 0.15) is 0 Å². The predicted octanol–water partition coefficient (Wildman–Crippen LogP) is 6.66. The maximum atomic E-state index is 5.65. The van der Waals surface area contributed by atoms with Crippen LogP contribution in [-0.4, -0.2) is 0 Å². The molecule has 0 radical (unpaired) electrons. The first kappa shape index (κ1) is 18.0. The van der Waals surface area contributed by atoms with Gasteiger partial charge in [-0.25, -0.2) is 0 Å². The second-order valence-electron chi connectivity index (χ2n) is 3.10. The van der Waals surface area contributed by atoms with Gasteiger partial charge in [0.05, 0.1) is 0 Å². The van der Waals surface area contributed by atoms with Crippen LogP contribution in [0.15, 0.2) is 48.5 Å². The molecule has 0 bridgehead atoms. The van der Waals surface area contributed by atoms with Gasteiger partial charge < -0.3 is 9.47 Å². The van der Waals surface area contributed by atoms with Crippen molar-refractivity contribution >= 4 is 0 Å². The lowest BCUT2D eigenvalue weighted by molar-refractivity contribution is 0.359. The standard InChI is InChI=1S/C12H8O2.3C2H6/c1-2-6-10-9(5-1)13-11-7-3-4-8-12(11)14-10;3*1-2/h1-8H;3*1-2H3. The number of hydrogen-bond donors (Lipinski definition) is 0. The van der Waals surface area contributed by atoms with Crippen molar-refractivity contribution in [2.45, 2.75) is 41.5 Å². The van der Waals surface area contributed by atoms with Crippen LogP contribution in [0, 0.1) is 0 Å². The van der Waals surface area contributed by atoms with Crippen LogP contribution in [0.4, 0.5) is 0 Å². The zero-order valence-electron chi connectivity index (χ0n) is 13.4. The molecule has 0 spiro atoms. The molecule has 2 aromatic rings. The molecule has 1 aliphatic rings. The molecule has 2 nitrogen and oxygen atoms in total. The van der Waals surface area contributed by atoms with Crippen molar-refractivity contribution in [3.8, 4) is 23.0 Å². The molecule has 0 fully saturated rings. The van der Waals surface area contributed by atoms with E-state index in [1.54, 1.807) is 0 Å². The maximum Gasteiger partial charge on any atom is 0.170 e. The Morgan fingerprint density at radius 2 is 0.650 bits per heavy atom. The molecule has 0 saturated heterocycles. The second-order valence-corrected chi connectivity index (χ2v) is 3.10. The average molecular weight is 274 g/mol. The van der Waals surface area contributed by atoms with Gasteiger partial charge in [0.15, 0.2) is 23.0 Å². The van der Waals surface area contributed by atoms with Crippen molar-refractivity contribution in [1.29, 1.82) is 0 Å². The van der Waals surface area contributed by atoms with Crippen LogP contribution in [0.5, 0.6) is 23.0 Å². The Bertz CT molecular complexity index is 391. The fourth-order valence-corrected chi connectivity index (χ4v) is 1.47. The highest BCUT2D eigenvalue weighted by atomic mass is 16.6. The van der Waals surface area contributed by atoms with Crippen molar-refractivity contribution in [2.75, 3.05) is 0 Å². The molecule has 2 heteroatoms. The van der Waals surface area contributed by atoms with E-state index in [-0.39, 0.29) is 0 Å². The maximum absolute atomic E-state index is 5.65. The Balaban J connectivity index is 0.000000538. The highest BCUT2D eigenvalue weighted by Crippen LogP contribution is 2.44. The summed E-state index contributed by atoms with van der Waals surface area (Å²) < 4.78 is 11.3. The van der Waals surface area contributed by atoms with Gasteiger partial charge in [-0.1, -0.05) is 65.8 Å². The molecule has 2 aromatic carbocycles. The van der Waals surface area contributed by atoms with E-state index in [0.29, 0.717) is 0 Å². The lowest BCUT2D eigenvalue weighted by Crippen LogP contribution is -1.97. The summed E-state index contributed by atoms with van der Waals surface area (Å²) in [4.78, 5) is 0. The summed E-state index contributed by atoms with van der Waals surface area (Å²) in [7, 11) is 0. The molecule has 0 amide bonds. The number of fused-ring (bicyclic) bond motifs is 2. The number of hydrogen-bond acceptors (Lipinski definition) is 2. The molecule has 0 aromatic heterocycles. The summed E-state index contributed by atoms with van der Waals surface area (Å²) in [6, 6.07) is 15.3. The molecule has 1 heterocycles. The Kier molecular flexibility index (Phi) is 9.85. The van der Waals surface area contributed by atoms with Gasteiger partial charge in [-0.15, -0.1) is 0 Å². The van der Waals surface area contributed by atoms with Crippen molar-refractivity contribution in [2.24, 2.45) is 0 Å². The molecule has 3 rings (SSSR count). The monoisotopic (exact) mass is 274 g/mol. The summed E-state index contributed by atoms with van der Waals surface area (Å²) in [5.74, 6) is 3.08. The summed E-state index contributed by atoms with van der Waals surface area (Å²) in [6.07, 6.45) is 0. The second kappa shape index (κ2) is 10.9. The van der Waals surface area contributed by atoms with E-state index in [4.69, 9.17) is 9.47 Å². The normalized spacial score (nSPS) is 9.30. The Morgan fingerprint density at radius 1 is 0.450 bits per heavy atom. The first-order valence-electron chi connectivity index (χ1n) is 7.47. The molecule has 0 N–H and O–H groups in total. The lowest BCUT2D eigenvalue weighted by atomic mass is 10.2. The topological polar surface area (TPSA) is 18.5 Å². The smallest absolute Gasteiger partial charge is 0.170 e. The summed E-state index contributed by atoms with van der Waals surface area (Å²) in [6.45, 7) is 12.0. The molecule has 1 aliphatic heterocycles. The van der Waals surface area contributed by atoms with Gasteiger partial charge in [0.2, 0.25) is 0 Å². The predicted molar refractivity (Wildman–Crippen MR) is 87.1 cm³/mol. The third-order valence-corrected chi connectivity index (χ3v) is 2.14. The molecule has 110 valence electrons. The van der Waals surface area contributed by atoms with Crippen molar-refractivity contribution in [1.82, 2.24) is 0 Å². The molecular formula is C18H26O2. The van der Waals surface area contributed by atoms with Crippen LogP contribution >= 0.6 is 0 Å². The highest BCUT2D eigenvalue weighted by molar-refractivity contribution is 5.53. The van der Waals surface area contributed by atoms with Crippen molar-refractivity contribution in [3.05, 3.63) is 48.5 Å². The fourth-order valence-electron chi connectivity index (χ4n) is 1.47. The number of benzene rings is 2. The molecular weight excluding hydrogens is 248 g/mol. The third-order valence-electron chi connectivity index (χ3n) is 2.14.